The Morgan fingerprint density at radius 1 is 1.07 bits per heavy atom. The van der Waals surface area contributed by atoms with Crippen LogP contribution in [-0.2, 0) is 6.54 Å². The van der Waals surface area contributed by atoms with Gasteiger partial charge in [-0.25, -0.2) is 0 Å². The number of ether oxygens (including phenoxy) is 1. The normalized spacial score (nSPS) is 14.2. The summed E-state index contributed by atoms with van der Waals surface area (Å²) in [7, 11) is 0. The van der Waals surface area contributed by atoms with Crippen molar-refractivity contribution < 1.29 is 14.7 Å². The Morgan fingerprint density at radius 3 is 2.46 bits per heavy atom. The van der Waals surface area contributed by atoms with Crippen molar-refractivity contribution in [3.05, 3.63) is 65.4 Å². The van der Waals surface area contributed by atoms with Crippen LogP contribution in [0, 0.1) is 13.8 Å². The van der Waals surface area contributed by atoms with E-state index in [1.807, 2.05) is 24.4 Å². The maximum Gasteiger partial charge on any atom is 0.137 e. The number of aromatic amines is 1. The van der Waals surface area contributed by atoms with Crippen molar-refractivity contribution in [2.75, 3.05) is 13.2 Å². The highest BCUT2D eigenvalue weighted by molar-refractivity contribution is 5.89. The van der Waals surface area contributed by atoms with Gasteiger partial charge in [0.25, 0.3) is 0 Å². The highest BCUT2D eigenvalue weighted by Gasteiger charge is 2.28. The van der Waals surface area contributed by atoms with Crippen LogP contribution in [0.3, 0.4) is 0 Å². The van der Waals surface area contributed by atoms with Gasteiger partial charge in [-0.3, -0.25) is 0 Å². The topological polar surface area (TPSA) is 49.7 Å². The number of benzene rings is 2. The lowest BCUT2D eigenvalue weighted by atomic mass is 10.0. The number of aromatic nitrogens is 1. The summed E-state index contributed by atoms with van der Waals surface area (Å²) < 4.78 is 6.02. The monoisotopic (exact) mass is 381 g/mol. The van der Waals surface area contributed by atoms with Gasteiger partial charge in [-0.2, -0.15) is 0 Å². The lowest BCUT2D eigenvalue weighted by molar-refractivity contribution is -0.962. The lowest BCUT2D eigenvalue weighted by Crippen LogP contribution is -3.18. The predicted octanol–water partition coefficient (Wildman–Crippen LogP) is 3.41. The fourth-order valence-corrected chi connectivity index (χ4v) is 3.56. The molecule has 0 aliphatic carbocycles. The number of quaternary nitrogens is 1. The minimum absolute atomic E-state index is 0.0309. The van der Waals surface area contributed by atoms with E-state index < -0.39 is 6.10 Å². The highest BCUT2D eigenvalue weighted by atomic mass is 16.5. The molecule has 3 aromatic rings. The van der Waals surface area contributed by atoms with Crippen molar-refractivity contribution in [3.63, 3.8) is 0 Å². The van der Waals surface area contributed by atoms with Gasteiger partial charge in [-0.1, -0.05) is 35.9 Å². The Bertz CT molecular complexity index is 906. The smallest absolute Gasteiger partial charge is 0.137 e. The van der Waals surface area contributed by atoms with Gasteiger partial charge in [0.05, 0.1) is 5.54 Å². The summed E-state index contributed by atoms with van der Waals surface area (Å²) in [6.07, 6.45) is 1.45. The maximum atomic E-state index is 10.7. The molecule has 0 amide bonds. The molecule has 0 aliphatic rings. The minimum atomic E-state index is -0.533. The maximum absolute atomic E-state index is 10.7. The first kappa shape index (κ1) is 20.4. The van der Waals surface area contributed by atoms with Crippen LogP contribution in [0.25, 0.3) is 10.9 Å². The molecule has 4 nitrogen and oxygen atoms in total. The van der Waals surface area contributed by atoms with Crippen LogP contribution in [0.4, 0.5) is 0 Å². The minimum Gasteiger partial charge on any atom is -0.490 e. The molecule has 1 aromatic heterocycles. The Labute approximate surface area is 168 Å². The van der Waals surface area contributed by atoms with Crippen molar-refractivity contribution in [3.8, 4) is 5.75 Å². The molecule has 2 atom stereocenters. The first-order valence-electron chi connectivity index (χ1n) is 10.0. The second-order valence-corrected chi connectivity index (χ2v) is 8.84. The number of nitrogens with one attached hydrogen (secondary N) is 2. The van der Waals surface area contributed by atoms with E-state index in [1.165, 1.54) is 16.0 Å². The van der Waals surface area contributed by atoms with Gasteiger partial charge >= 0.3 is 0 Å². The molecule has 4 heteroatoms. The molecule has 0 saturated carbocycles. The summed E-state index contributed by atoms with van der Waals surface area (Å²) in [6, 6.07) is 14.6. The Hall–Kier alpha value is -2.30. The van der Waals surface area contributed by atoms with Crippen LogP contribution in [-0.4, -0.2) is 34.9 Å². The third-order valence-corrected chi connectivity index (χ3v) is 5.38. The van der Waals surface area contributed by atoms with E-state index in [0.717, 1.165) is 28.8 Å². The molecule has 28 heavy (non-hydrogen) atoms. The van der Waals surface area contributed by atoms with Crippen molar-refractivity contribution in [2.24, 2.45) is 0 Å². The number of fused-ring (bicyclic) bond motifs is 1. The third kappa shape index (κ3) is 4.94. The van der Waals surface area contributed by atoms with E-state index in [4.69, 9.17) is 4.74 Å². The standard InChI is InChI=1S/C24H32N2O2/c1-17-9-11-19(12-10-17)14-26(24(3,4)5)15-20(27)16-28-22-8-6-7-21-23(22)18(2)13-25-21/h6-13,20,25,27H,14-16H2,1-5H3/p+1/t20-/m1/s1. The Morgan fingerprint density at radius 2 is 1.79 bits per heavy atom. The molecule has 0 saturated heterocycles. The van der Waals surface area contributed by atoms with Gasteiger partial charge in [0.2, 0.25) is 0 Å². The number of H-pyrrole nitrogens is 1. The van der Waals surface area contributed by atoms with Gasteiger partial charge in [-0.05, 0) is 52.3 Å². The van der Waals surface area contributed by atoms with Crippen LogP contribution < -0.4 is 9.64 Å². The Kier molecular flexibility index (Phi) is 6.11. The molecule has 0 aliphatic heterocycles. The fourth-order valence-electron chi connectivity index (χ4n) is 3.56. The molecule has 150 valence electrons. The molecule has 1 heterocycles. The lowest BCUT2D eigenvalue weighted by Gasteiger charge is -2.34. The second-order valence-electron chi connectivity index (χ2n) is 8.84. The summed E-state index contributed by atoms with van der Waals surface area (Å²) >= 11 is 0. The van der Waals surface area contributed by atoms with Gasteiger partial charge in [0, 0.05) is 22.7 Å². The number of aliphatic hydroxyl groups excluding tert-OH is 1. The average molecular weight is 382 g/mol. The van der Waals surface area contributed by atoms with Crippen LogP contribution >= 0.6 is 0 Å². The van der Waals surface area contributed by atoms with Gasteiger partial charge in [-0.15, -0.1) is 0 Å². The Balaban J connectivity index is 1.65. The first-order chi connectivity index (χ1) is 13.2. The largest absolute Gasteiger partial charge is 0.490 e. The molecular weight excluding hydrogens is 348 g/mol. The third-order valence-electron chi connectivity index (χ3n) is 5.38. The average Bonchev–Trinajstić information content (AvgIpc) is 3.02. The molecule has 2 aromatic carbocycles. The first-order valence-corrected chi connectivity index (χ1v) is 10.0. The van der Waals surface area contributed by atoms with Crippen LogP contribution in [0.1, 0.15) is 37.5 Å². The molecule has 0 fully saturated rings. The molecule has 0 spiro atoms. The van der Waals surface area contributed by atoms with Crippen molar-refractivity contribution in [2.45, 2.75) is 52.8 Å². The van der Waals surface area contributed by atoms with E-state index in [1.54, 1.807) is 0 Å². The van der Waals surface area contributed by atoms with Gasteiger partial charge in [0.1, 0.15) is 31.5 Å². The number of rotatable bonds is 7. The molecule has 3 N–H and O–H groups in total. The van der Waals surface area contributed by atoms with E-state index in [-0.39, 0.29) is 12.1 Å². The van der Waals surface area contributed by atoms with E-state index in [0.29, 0.717) is 6.54 Å². The van der Waals surface area contributed by atoms with Crippen molar-refractivity contribution in [1.82, 2.24) is 4.98 Å². The van der Waals surface area contributed by atoms with Crippen molar-refractivity contribution in [1.29, 1.82) is 0 Å². The predicted molar refractivity (Wildman–Crippen MR) is 115 cm³/mol. The zero-order valence-electron chi connectivity index (χ0n) is 17.7. The fraction of sp³-hybridized carbons (Fsp3) is 0.417. The summed E-state index contributed by atoms with van der Waals surface area (Å²) in [6.45, 7) is 12.6. The second kappa shape index (κ2) is 8.38. The summed E-state index contributed by atoms with van der Waals surface area (Å²) in [5, 5.41) is 11.8. The number of hydrogen-bond donors (Lipinski definition) is 3. The number of aliphatic hydroxyl groups is 1. The SMILES string of the molecule is Cc1ccc(C[NH+](C[C@@H](O)COc2cccc3[nH]cc(C)c23)C(C)(C)C)cc1. The molecular formula is C24H33N2O2+. The number of hydrogen-bond acceptors (Lipinski definition) is 2. The van der Waals surface area contributed by atoms with Gasteiger partial charge in [0.15, 0.2) is 0 Å². The number of aryl methyl sites for hydroxylation is 2. The highest BCUT2D eigenvalue weighted by Crippen LogP contribution is 2.28. The quantitative estimate of drug-likeness (QED) is 0.587. The summed E-state index contributed by atoms with van der Waals surface area (Å²) in [4.78, 5) is 4.59. The zero-order chi connectivity index (χ0) is 20.3. The summed E-state index contributed by atoms with van der Waals surface area (Å²) in [5.41, 5.74) is 4.80. The van der Waals surface area contributed by atoms with Crippen LogP contribution in [0.5, 0.6) is 5.75 Å². The molecule has 1 unspecified atom stereocenters. The van der Waals surface area contributed by atoms with Crippen molar-refractivity contribution >= 4 is 10.9 Å². The van der Waals surface area contributed by atoms with E-state index in [9.17, 15) is 5.11 Å². The van der Waals surface area contributed by atoms with Gasteiger partial charge < -0.3 is 19.7 Å². The van der Waals surface area contributed by atoms with E-state index in [2.05, 4.69) is 63.9 Å². The van der Waals surface area contributed by atoms with E-state index >= 15 is 0 Å². The zero-order valence-corrected chi connectivity index (χ0v) is 17.7. The summed E-state index contributed by atoms with van der Waals surface area (Å²) in [5.74, 6) is 0.825. The molecule has 0 radical (unpaired) electrons. The van der Waals surface area contributed by atoms with Crippen LogP contribution in [0.15, 0.2) is 48.7 Å². The van der Waals surface area contributed by atoms with Crippen LogP contribution in [0.2, 0.25) is 0 Å². The molecule has 0 bridgehead atoms. The molecule has 3 rings (SSSR count).